The van der Waals surface area contributed by atoms with E-state index in [0.29, 0.717) is 5.69 Å². The highest BCUT2D eigenvalue weighted by atomic mass is 32.1. The minimum absolute atomic E-state index is 0.0289. The molecule has 1 N–H and O–H groups in total. The van der Waals surface area contributed by atoms with Crippen LogP contribution in [0.4, 0.5) is 17.1 Å². The molecular weight excluding hydrogens is 416 g/mol. The highest BCUT2D eigenvalue weighted by Crippen LogP contribution is 2.33. The van der Waals surface area contributed by atoms with Crippen LogP contribution in [0.25, 0.3) is 23.1 Å². The van der Waals surface area contributed by atoms with Crippen LogP contribution in [0, 0.1) is 10.1 Å². The molecule has 3 aromatic carbocycles. The number of nitro benzene ring substituents is 1. The Morgan fingerprint density at radius 3 is 2.74 bits per heavy atom. The lowest BCUT2D eigenvalue weighted by Gasteiger charge is -2.06. The first-order valence-electron chi connectivity index (χ1n) is 9.38. The second kappa shape index (κ2) is 7.69. The minimum atomic E-state index is -0.421. The van der Waals surface area contributed by atoms with Gasteiger partial charge in [0.2, 0.25) is 6.79 Å². The van der Waals surface area contributed by atoms with E-state index >= 15 is 0 Å². The molecule has 0 saturated heterocycles. The van der Waals surface area contributed by atoms with Gasteiger partial charge in [-0.05, 0) is 60.9 Å². The molecule has 2 heterocycles. The van der Waals surface area contributed by atoms with E-state index in [0.717, 1.165) is 39.3 Å². The molecule has 0 aliphatic carbocycles. The number of thiol groups is 1. The van der Waals surface area contributed by atoms with Gasteiger partial charge in [-0.3, -0.25) is 10.1 Å². The molecule has 8 nitrogen and oxygen atoms in total. The molecule has 31 heavy (non-hydrogen) atoms. The van der Waals surface area contributed by atoms with E-state index in [1.165, 1.54) is 16.2 Å². The van der Waals surface area contributed by atoms with Gasteiger partial charge in [-0.1, -0.05) is 18.2 Å². The van der Waals surface area contributed by atoms with Gasteiger partial charge < -0.3 is 14.8 Å². The first kappa shape index (κ1) is 19.0. The third kappa shape index (κ3) is 3.78. The van der Waals surface area contributed by atoms with Crippen molar-refractivity contribution < 1.29 is 14.4 Å². The van der Waals surface area contributed by atoms with Crippen molar-refractivity contribution in [2.45, 2.75) is 0 Å². The van der Waals surface area contributed by atoms with E-state index in [1.54, 1.807) is 12.1 Å². The third-order valence-electron chi connectivity index (χ3n) is 4.87. The average molecular weight is 432 g/mol. The average Bonchev–Trinajstić information content (AvgIpc) is 3.36. The number of aromatic nitrogens is 2. The Hall–Kier alpha value is -3.98. The molecule has 0 atom stereocenters. The summed E-state index contributed by atoms with van der Waals surface area (Å²) in [5, 5.41) is 19.6. The summed E-state index contributed by atoms with van der Waals surface area (Å²) in [6.45, 7) is 0.240. The van der Waals surface area contributed by atoms with Gasteiger partial charge in [0, 0.05) is 28.9 Å². The maximum absolute atomic E-state index is 11.0. The van der Waals surface area contributed by atoms with Gasteiger partial charge in [0.05, 0.1) is 16.1 Å². The predicted molar refractivity (Wildman–Crippen MR) is 122 cm³/mol. The largest absolute Gasteiger partial charge is 0.454 e. The highest BCUT2D eigenvalue weighted by Gasteiger charge is 2.13. The zero-order valence-electron chi connectivity index (χ0n) is 16.1. The van der Waals surface area contributed by atoms with E-state index in [4.69, 9.17) is 9.47 Å². The van der Waals surface area contributed by atoms with E-state index in [1.807, 2.05) is 48.6 Å². The maximum atomic E-state index is 11.0. The Labute approximate surface area is 182 Å². The highest BCUT2D eigenvalue weighted by molar-refractivity contribution is 7.78. The quantitative estimate of drug-likeness (QED) is 0.253. The SMILES string of the molecule is O=[N+]([O-])c1cccc(Nc2ccc3c(C=Cc4ccc5c(c4)OCO5)nn(S)c3c2)c1. The Bertz CT molecular complexity index is 1350. The number of hydrogen-bond acceptors (Lipinski definition) is 7. The van der Waals surface area contributed by atoms with Crippen molar-refractivity contribution in [3.8, 4) is 11.5 Å². The Morgan fingerprint density at radius 2 is 1.87 bits per heavy atom. The number of ether oxygens (including phenoxy) is 2. The number of nitrogens with one attached hydrogen (secondary N) is 1. The van der Waals surface area contributed by atoms with Crippen LogP contribution in [0.2, 0.25) is 0 Å². The number of rotatable bonds is 5. The van der Waals surface area contributed by atoms with Crippen molar-refractivity contribution in [3.05, 3.63) is 82.0 Å². The van der Waals surface area contributed by atoms with Crippen LogP contribution < -0.4 is 14.8 Å². The van der Waals surface area contributed by atoms with Crippen molar-refractivity contribution in [1.29, 1.82) is 0 Å². The number of non-ortho nitro benzene ring substituents is 1. The van der Waals surface area contributed by atoms with Gasteiger partial charge in [0.15, 0.2) is 11.5 Å². The zero-order valence-corrected chi connectivity index (χ0v) is 17.0. The Kier molecular flexibility index (Phi) is 4.72. The summed E-state index contributed by atoms with van der Waals surface area (Å²) in [4.78, 5) is 10.6. The summed E-state index contributed by atoms with van der Waals surface area (Å²) in [5.41, 5.74) is 3.97. The van der Waals surface area contributed by atoms with Crippen LogP contribution in [0.15, 0.2) is 60.7 Å². The summed E-state index contributed by atoms with van der Waals surface area (Å²) < 4.78 is 12.3. The molecule has 154 valence electrons. The van der Waals surface area contributed by atoms with Crippen molar-refractivity contribution in [1.82, 2.24) is 9.19 Å². The molecule has 0 unspecified atom stereocenters. The monoisotopic (exact) mass is 432 g/mol. The lowest BCUT2D eigenvalue weighted by Crippen LogP contribution is -1.93. The van der Waals surface area contributed by atoms with E-state index in [-0.39, 0.29) is 12.5 Å². The van der Waals surface area contributed by atoms with Crippen LogP contribution in [0.5, 0.6) is 11.5 Å². The van der Waals surface area contributed by atoms with Crippen molar-refractivity contribution >= 4 is 52.9 Å². The number of benzene rings is 3. The van der Waals surface area contributed by atoms with Gasteiger partial charge in [0.1, 0.15) is 0 Å². The lowest BCUT2D eigenvalue weighted by atomic mass is 10.1. The zero-order chi connectivity index (χ0) is 21.4. The smallest absolute Gasteiger partial charge is 0.271 e. The van der Waals surface area contributed by atoms with Crippen molar-refractivity contribution in [2.75, 3.05) is 12.1 Å². The van der Waals surface area contributed by atoms with Gasteiger partial charge in [-0.2, -0.15) is 5.10 Å². The molecule has 0 fully saturated rings. The Morgan fingerprint density at radius 1 is 1.03 bits per heavy atom. The van der Waals surface area contributed by atoms with Crippen LogP contribution >= 0.6 is 12.8 Å². The van der Waals surface area contributed by atoms with Crippen LogP contribution in [0.3, 0.4) is 0 Å². The van der Waals surface area contributed by atoms with Crippen molar-refractivity contribution in [3.63, 3.8) is 0 Å². The molecule has 1 aliphatic rings. The third-order valence-corrected chi connectivity index (χ3v) is 5.17. The van der Waals surface area contributed by atoms with Gasteiger partial charge in [0.25, 0.3) is 5.69 Å². The molecule has 1 aliphatic heterocycles. The Balaban J connectivity index is 1.41. The van der Waals surface area contributed by atoms with Gasteiger partial charge in [-0.25, -0.2) is 4.09 Å². The molecular formula is C22H16N4O4S. The molecule has 0 radical (unpaired) electrons. The molecule has 5 rings (SSSR count). The van der Waals surface area contributed by atoms with E-state index in [9.17, 15) is 10.1 Å². The molecule has 4 aromatic rings. The summed E-state index contributed by atoms with van der Waals surface area (Å²) in [6, 6.07) is 17.8. The summed E-state index contributed by atoms with van der Waals surface area (Å²) in [5.74, 6) is 1.47. The lowest BCUT2D eigenvalue weighted by molar-refractivity contribution is -0.384. The molecule has 0 amide bonds. The fourth-order valence-electron chi connectivity index (χ4n) is 3.38. The first-order chi connectivity index (χ1) is 15.1. The van der Waals surface area contributed by atoms with Gasteiger partial charge in [-0.15, -0.1) is 0 Å². The van der Waals surface area contributed by atoms with Crippen LogP contribution in [-0.4, -0.2) is 20.9 Å². The van der Waals surface area contributed by atoms with Crippen LogP contribution in [-0.2, 0) is 0 Å². The summed E-state index contributed by atoms with van der Waals surface area (Å²) in [6.07, 6.45) is 3.87. The molecule has 9 heteroatoms. The molecule has 0 bridgehead atoms. The number of nitrogens with zero attached hydrogens (tertiary/aromatic N) is 3. The molecule has 0 saturated carbocycles. The predicted octanol–water partition coefficient (Wildman–Crippen LogP) is 5.28. The number of nitro groups is 1. The fraction of sp³-hybridized carbons (Fsp3) is 0.0455. The number of hydrogen-bond donors (Lipinski definition) is 2. The first-order valence-corrected chi connectivity index (χ1v) is 9.78. The maximum Gasteiger partial charge on any atom is 0.271 e. The minimum Gasteiger partial charge on any atom is -0.454 e. The molecule has 0 spiro atoms. The fourth-order valence-corrected chi connectivity index (χ4v) is 3.64. The van der Waals surface area contributed by atoms with Gasteiger partial charge >= 0.3 is 0 Å². The summed E-state index contributed by atoms with van der Waals surface area (Å²) >= 11 is 4.44. The van der Waals surface area contributed by atoms with Crippen molar-refractivity contribution in [2.24, 2.45) is 0 Å². The standard InChI is InChI=1S/C22H16N4O4S/c27-26(28)17-3-1-2-15(11-17)23-16-6-7-18-19(24-25(31)20(18)12-16)8-4-14-5-9-21-22(10-14)30-13-29-21/h1-12,23,31H,13H2. The normalized spacial score (nSPS) is 12.5. The second-order valence-corrected chi connectivity index (χ2v) is 7.26. The van der Waals surface area contributed by atoms with E-state index in [2.05, 4.69) is 23.2 Å². The second-order valence-electron chi connectivity index (χ2n) is 6.89. The summed E-state index contributed by atoms with van der Waals surface area (Å²) in [7, 11) is 0. The number of fused-ring (bicyclic) bond motifs is 2. The van der Waals surface area contributed by atoms with Crippen LogP contribution in [0.1, 0.15) is 11.3 Å². The molecule has 1 aromatic heterocycles. The van der Waals surface area contributed by atoms with E-state index < -0.39 is 4.92 Å². The number of anilines is 2. The topological polar surface area (TPSA) is 91.5 Å².